The molecule has 6 nitrogen and oxygen atoms in total. The van der Waals surface area contributed by atoms with Crippen LogP contribution in [0.4, 0.5) is 5.69 Å². The molecule has 0 bridgehead atoms. The fraction of sp³-hybridized carbons (Fsp3) is 0.296. The molecule has 0 saturated carbocycles. The van der Waals surface area contributed by atoms with Crippen molar-refractivity contribution in [2.45, 2.75) is 45.8 Å². The van der Waals surface area contributed by atoms with Crippen LogP contribution in [0.1, 0.15) is 43.6 Å². The molecule has 0 aromatic heterocycles. The smallest absolute Gasteiger partial charge is 0.259 e. The molecule has 3 aromatic rings. The predicted molar refractivity (Wildman–Crippen MR) is 140 cm³/mol. The number of benzene rings is 3. The number of amides is 3. The van der Waals surface area contributed by atoms with Gasteiger partial charge in [-0.15, -0.1) is 0 Å². The van der Waals surface area contributed by atoms with E-state index in [4.69, 9.17) is 23.2 Å². The van der Waals surface area contributed by atoms with Gasteiger partial charge in [-0.2, -0.15) is 0 Å². The summed E-state index contributed by atoms with van der Waals surface area (Å²) in [6.45, 7) is 7.07. The maximum absolute atomic E-state index is 13.7. The van der Waals surface area contributed by atoms with Gasteiger partial charge in [0.25, 0.3) is 5.91 Å². The van der Waals surface area contributed by atoms with Crippen LogP contribution in [0.3, 0.4) is 0 Å². The van der Waals surface area contributed by atoms with Crippen molar-refractivity contribution in [2.75, 3.05) is 11.4 Å². The van der Waals surface area contributed by atoms with Gasteiger partial charge in [0.15, 0.2) is 0 Å². The number of hydrogen-bond acceptors (Lipinski definition) is 3. The molecule has 182 valence electrons. The summed E-state index contributed by atoms with van der Waals surface area (Å²) in [5.74, 6) is -0.949. The van der Waals surface area contributed by atoms with Crippen LogP contribution < -0.4 is 10.2 Å². The molecule has 35 heavy (non-hydrogen) atoms. The zero-order chi connectivity index (χ0) is 25.5. The summed E-state index contributed by atoms with van der Waals surface area (Å²) in [5, 5.41) is 5.47. The summed E-state index contributed by atoms with van der Waals surface area (Å²) >= 11 is 12.8. The number of nitrogens with zero attached hydrogens (tertiary/aromatic N) is 2. The summed E-state index contributed by atoms with van der Waals surface area (Å²) < 4.78 is 0. The zero-order valence-electron chi connectivity index (χ0n) is 20.1. The standard InChI is InChI=1S/C27H27Cl2N3O3/c1-16(25(34)30-27(2,3)4)31(14-19-20(28)11-7-12-21(19)29)23(33)15-32-22-13-6-9-17-8-5-10-18(24(17)22)26(32)35/h5-13,16H,14-15H2,1-4H3,(H,30,34)/t16-/m0/s1. The number of nitrogens with one attached hydrogen (secondary N) is 1. The highest BCUT2D eigenvalue weighted by Gasteiger charge is 2.35. The lowest BCUT2D eigenvalue weighted by atomic mass is 10.1. The minimum Gasteiger partial charge on any atom is -0.350 e. The summed E-state index contributed by atoms with van der Waals surface area (Å²) in [6, 6.07) is 15.4. The number of hydrogen-bond donors (Lipinski definition) is 1. The van der Waals surface area contributed by atoms with E-state index in [0.29, 0.717) is 26.9 Å². The Hall–Kier alpha value is -3.09. The van der Waals surface area contributed by atoms with Crippen molar-refractivity contribution in [3.8, 4) is 0 Å². The lowest BCUT2D eigenvalue weighted by Gasteiger charge is -2.33. The maximum Gasteiger partial charge on any atom is 0.259 e. The fourth-order valence-corrected chi connectivity index (χ4v) is 4.79. The second-order valence-corrected chi connectivity index (χ2v) is 10.5. The third-order valence-corrected chi connectivity index (χ3v) is 6.71. The molecule has 1 atom stereocenters. The molecule has 1 heterocycles. The monoisotopic (exact) mass is 511 g/mol. The third-order valence-electron chi connectivity index (χ3n) is 6.00. The van der Waals surface area contributed by atoms with Crippen molar-refractivity contribution in [1.82, 2.24) is 10.2 Å². The van der Waals surface area contributed by atoms with Crippen LogP contribution >= 0.6 is 23.2 Å². The van der Waals surface area contributed by atoms with E-state index in [1.165, 1.54) is 9.80 Å². The first-order valence-electron chi connectivity index (χ1n) is 11.4. The van der Waals surface area contributed by atoms with Crippen molar-refractivity contribution < 1.29 is 14.4 Å². The Labute approximate surface area is 214 Å². The van der Waals surface area contributed by atoms with Crippen LogP contribution in [0.5, 0.6) is 0 Å². The van der Waals surface area contributed by atoms with Crippen LogP contribution in [-0.2, 0) is 16.1 Å². The Bertz CT molecular complexity index is 1310. The first kappa shape index (κ1) is 25.0. The number of rotatable bonds is 6. The molecule has 0 fully saturated rings. The van der Waals surface area contributed by atoms with Crippen molar-refractivity contribution >= 4 is 57.4 Å². The summed E-state index contributed by atoms with van der Waals surface area (Å²) in [4.78, 5) is 42.9. The van der Waals surface area contributed by atoms with Gasteiger partial charge in [0.1, 0.15) is 12.6 Å². The van der Waals surface area contributed by atoms with Crippen molar-refractivity contribution in [2.24, 2.45) is 0 Å². The summed E-state index contributed by atoms with van der Waals surface area (Å²) in [6.07, 6.45) is 0. The first-order chi connectivity index (χ1) is 16.5. The van der Waals surface area contributed by atoms with Gasteiger partial charge in [-0.1, -0.05) is 53.5 Å². The zero-order valence-corrected chi connectivity index (χ0v) is 21.6. The number of carbonyl (C=O) groups excluding carboxylic acids is 3. The van der Waals surface area contributed by atoms with Crippen LogP contribution in [0.15, 0.2) is 54.6 Å². The Morgan fingerprint density at radius 1 is 1.00 bits per heavy atom. The Kier molecular flexibility index (Phi) is 6.80. The third kappa shape index (κ3) is 5.00. The molecule has 0 saturated heterocycles. The van der Waals surface area contributed by atoms with Gasteiger partial charge >= 0.3 is 0 Å². The molecule has 3 aromatic carbocycles. The largest absolute Gasteiger partial charge is 0.350 e. The average Bonchev–Trinajstić information content (AvgIpc) is 3.05. The molecular formula is C27H27Cl2N3O3. The highest BCUT2D eigenvalue weighted by molar-refractivity contribution is 6.36. The van der Waals surface area contributed by atoms with E-state index < -0.39 is 17.5 Å². The molecule has 1 aliphatic rings. The van der Waals surface area contributed by atoms with Gasteiger partial charge < -0.3 is 10.2 Å². The second kappa shape index (κ2) is 9.51. The first-order valence-corrected chi connectivity index (χ1v) is 12.1. The van der Waals surface area contributed by atoms with Crippen LogP contribution in [0.25, 0.3) is 10.8 Å². The van der Waals surface area contributed by atoms with Crippen molar-refractivity contribution in [3.63, 3.8) is 0 Å². The summed E-state index contributed by atoms with van der Waals surface area (Å²) in [5.41, 5.74) is 1.30. The molecule has 0 aliphatic carbocycles. The number of halogens is 2. The topological polar surface area (TPSA) is 69.7 Å². The fourth-order valence-electron chi connectivity index (χ4n) is 4.27. The normalized spacial score (nSPS) is 13.8. The lowest BCUT2D eigenvalue weighted by Crippen LogP contribution is -2.54. The van der Waals surface area contributed by atoms with E-state index in [9.17, 15) is 14.4 Å². The number of anilines is 1. The molecule has 1 N–H and O–H groups in total. The van der Waals surface area contributed by atoms with Gasteiger partial charge in [0.2, 0.25) is 11.8 Å². The van der Waals surface area contributed by atoms with E-state index in [-0.39, 0.29) is 24.9 Å². The van der Waals surface area contributed by atoms with E-state index >= 15 is 0 Å². The highest BCUT2D eigenvalue weighted by Crippen LogP contribution is 2.37. The lowest BCUT2D eigenvalue weighted by molar-refractivity contribution is -0.140. The van der Waals surface area contributed by atoms with E-state index in [1.807, 2.05) is 51.1 Å². The van der Waals surface area contributed by atoms with Crippen LogP contribution in [-0.4, -0.2) is 40.7 Å². The van der Waals surface area contributed by atoms with Gasteiger partial charge in [-0.05, 0) is 57.3 Å². The molecule has 0 radical (unpaired) electrons. The molecule has 0 spiro atoms. The van der Waals surface area contributed by atoms with Gasteiger partial charge in [-0.25, -0.2) is 0 Å². The molecule has 0 unspecified atom stereocenters. The van der Waals surface area contributed by atoms with Gasteiger partial charge in [0, 0.05) is 38.6 Å². The molecule has 8 heteroatoms. The SMILES string of the molecule is C[C@@H](C(=O)NC(C)(C)C)N(Cc1c(Cl)cccc1Cl)C(=O)CN1C(=O)c2cccc3cccc1c23. The van der Waals surface area contributed by atoms with Gasteiger partial charge in [-0.3, -0.25) is 19.3 Å². The Morgan fingerprint density at radius 3 is 2.23 bits per heavy atom. The van der Waals surface area contributed by atoms with Crippen LogP contribution in [0, 0.1) is 0 Å². The Morgan fingerprint density at radius 2 is 1.60 bits per heavy atom. The highest BCUT2D eigenvalue weighted by atomic mass is 35.5. The van der Waals surface area contributed by atoms with Crippen molar-refractivity contribution in [3.05, 3.63) is 75.8 Å². The van der Waals surface area contributed by atoms with Crippen LogP contribution in [0.2, 0.25) is 10.0 Å². The quantitative estimate of drug-likeness (QED) is 0.479. The molecular weight excluding hydrogens is 485 g/mol. The van der Waals surface area contributed by atoms with E-state index in [2.05, 4.69) is 5.32 Å². The second-order valence-electron chi connectivity index (χ2n) is 9.71. The summed E-state index contributed by atoms with van der Waals surface area (Å²) in [7, 11) is 0. The number of carbonyl (C=O) groups is 3. The molecule has 4 rings (SSSR count). The molecule has 3 amide bonds. The minimum atomic E-state index is -0.829. The molecule has 1 aliphatic heterocycles. The van der Waals surface area contributed by atoms with E-state index in [1.54, 1.807) is 31.2 Å². The van der Waals surface area contributed by atoms with Crippen molar-refractivity contribution in [1.29, 1.82) is 0 Å². The predicted octanol–water partition coefficient (Wildman–Crippen LogP) is 5.44. The maximum atomic E-state index is 13.7. The van der Waals surface area contributed by atoms with E-state index in [0.717, 1.165) is 10.8 Å². The minimum absolute atomic E-state index is 0.0231. The Balaban J connectivity index is 1.67. The van der Waals surface area contributed by atoms with Gasteiger partial charge in [0.05, 0.1) is 5.69 Å². The average molecular weight is 512 g/mol.